The Morgan fingerprint density at radius 3 is 2.41 bits per heavy atom. The maximum Gasteiger partial charge on any atom is 0.236 e. The van der Waals surface area contributed by atoms with Crippen LogP contribution in [0.1, 0.15) is 32.6 Å². The normalized spacial score (nSPS) is 26.1. The van der Waals surface area contributed by atoms with Crippen LogP contribution in [0.15, 0.2) is 0 Å². The van der Waals surface area contributed by atoms with Crippen molar-refractivity contribution in [2.24, 2.45) is 5.92 Å². The summed E-state index contributed by atoms with van der Waals surface area (Å²) in [5, 5.41) is 0. The van der Waals surface area contributed by atoms with E-state index < -0.39 is 0 Å². The molecule has 27 heavy (non-hydrogen) atoms. The van der Waals surface area contributed by atoms with Gasteiger partial charge in [-0.25, -0.2) is 0 Å². The van der Waals surface area contributed by atoms with E-state index in [1.54, 1.807) is 4.90 Å². The third-order valence-corrected chi connectivity index (χ3v) is 6.46. The van der Waals surface area contributed by atoms with E-state index in [1.165, 1.54) is 0 Å². The molecule has 3 saturated heterocycles. The van der Waals surface area contributed by atoms with Crippen molar-refractivity contribution in [2.45, 2.75) is 38.6 Å². The van der Waals surface area contributed by atoms with E-state index in [9.17, 15) is 9.59 Å². The number of rotatable bonds is 5. The maximum atomic E-state index is 12.8. The maximum absolute atomic E-state index is 12.8. The highest BCUT2D eigenvalue weighted by molar-refractivity contribution is 5.79. The molecule has 0 spiro atoms. The molecule has 0 unspecified atom stereocenters. The molecule has 154 valence electrons. The Balaban J connectivity index is 1.45. The molecule has 7 heteroatoms. The van der Waals surface area contributed by atoms with Gasteiger partial charge in [-0.1, -0.05) is 0 Å². The van der Waals surface area contributed by atoms with Crippen molar-refractivity contribution < 1.29 is 14.3 Å². The lowest BCUT2D eigenvalue weighted by Crippen LogP contribution is -2.53. The molecule has 0 aliphatic carbocycles. The van der Waals surface area contributed by atoms with Gasteiger partial charge >= 0.3 is 0 Å². The molecule has 0 aromatic rings. The Hall–Kier alpha value is -1.18. The first-order valence-electron chi connectivity index (χ1n) is 10.7. The number of carbonyl (C=O) groups is 2. The molecule has 0 aromatic heterocycles. The Kier molecular flexibility index (Phi) is 7.49. The van der Waals surface area contributed by atoms with Gasteiger partial charge in [0, 0.05) is 52.4 Å². The molecule has 0 N–H and O–H groups in total. The summed E-state index contributed by atoms with van der Waals surface area (Å²) < 4.78 is 5.38. The number of morpholine rings is 1. The lowest BCUT2D eigenvalue weighted by molar-refractivity contribution is -0.142. The molecular formula is C20H36N4O3. The van der Waals surface area contributed by atoms with Crippen LogP contribution in [0.5, 0.6) is 0 Å². The number of hydrogen-bond donors (Lipinski definition) is 0. The monoisotopic (exact) mass is 380 g/mol. The number of likely N-dealkylation sites (N-methyl/N-ethyl adjacent to an activating group) is 1. The standard InChI is InChI=1S/C20H36N4O3/c1-3-21(2)19(25)16-22-9-6-18(7-10-22)24-8-4-5-17(15-24)20(26)23-11-13-27-14-12-23/h17-18H,3-16H2,1-2H3/t17-/m0/s1. The second kappa shape index (κ2) is 9.85. The largest absolute Gasteiger partial charge is 0.378 e. The summed E-state index contributed by atoms with van der Waals surface area (Å²) in [6.07, 6.45) is 4.33. The topological polar surface area (TPSA) is 56.3 Å². The molecule has 3 aliphatic heterocycles. The van der Waals surface area contributed by atoms with Crippen LogP contribution in [0.4, 0.5) is 0 Å². The van der Waals surface area contributed by atoms with E-state index in [-0.39, 0.29) is 11.8 Å². The highest BCUT2D eigenvalue weighted by Gasteiger charge is 2.34. The molecule has 0 aromatic carbocycles. The fourth-order valence-electron chi connectivity index (χ4n) is 4.51. The first-order chi connectivity index (χ1) is 13.1. The lowest BCUT2D eigenvalue weighted by atomic mass is 9.92. The van der Waals surface area contributed by atoms with E-state index >= 15 is 0 Å². The molecular weight excluding hydrogens is 344 g/mol. The molecule has 1 atom stereocenters. The Morgan fingerprint density at radius 1 is 1.04 bits per heavy atom. The van der Waals surface area contributed by atoms with Gasteiger partial charge in [0.2, 0.25) is 11.8 Å². The van der Waals surface area contributed by atoms with Gasteiger partial charge in [0.15, 0.2) is 0 Å². The van der Waals surface area contributed by atoms with Gasteiger partial charge in [-0.05, 0) is 39.2 Å². The molecule has 3 aliphatic rings. The highest BCUT2D eigenvalue weighted by Crippen LogP contribution is 2.25. The quantitative estimate of drug-likeness (QED) is 0.695. The summed E-state index contributed by atoms with van der Waals surface area (Å²) >= 11 is 0. The highest BCUT2D eigenvalue weighted by atomic mass is 16.5. The zero-order valence-electron chi connectivity index (χ0n) is 17.1. The van der Waals surface area contributed by atoms with E-state index in [0.717, 1.165) is 71.5 Å². The van der Waals surface area contributed by atoms with Gasteiger partial charge in [-0.15, -0.1) is 0 Å². The first-order valence-corrected chi connectivity index (χ1v) is 10.7. The zero-order chi connectivity index (χ0) is 19.2. The summed E-state index contributed by atoms with van der Waals surface area (Å²) in [4.78, 5) is 33.6. The number of nitrogens with zero attached hydrogens (tertiary/aromatic N) is 4. The van der Waals surface area contributed by atoms with E-state index in [4.69, 9.17) is 4.74 Å². The molecule has 0 bridgehead atoms. The molecule has 2 amide bonds. The smallest absolute Gasteiger partial charge is 0.236 e. The van der Waals surface area contributed by atoms with Crippen molar-refractivity contribution in [1.29, 1.82) is 0 Å². The van der Waals surface area contributed by atoms with Crippen molar-refractivity contribution in [1.82, 2.24) is 19.6 Å². The number of hydrogen-bond acceptors (Lipinski definition) is 5. The molecule has 7 nitrogen and oxygen atoms in total. The van der Waals surface area contributed by atoms with Gasteiger partial charge in [0.25, 0.3) is 0 Å². The van der Waals surface area contributed by atoms with Crippen molar-refractivity contribution >= 4 is 11.8 Å². The summed E-state index contributed by atoms with van der Waals surface area (Å²) in [6, 6.07) is 0.556. The number of ether oxygens (including phenoxy) is 1. The molecule has 3 rings (SSSR count). The minimum Gasteiger partial charge on any atom is -0.378 e. The third kappa shape index (κ3) is 5.42. The van der Waals surface area contributed by atoms with Crippen LogP contribution in [0.3, 0.4) is 0 Å². The van der Waals surface area contributed by atoms with E-state index in [0.29, 0.717) is 31.7 Å². The summed E-state index contributed by atoms with van der Waals surface area (Å²) in [6.45, 7) is 10.1. The predicted molar refractivity (Wildman–Crippen MR) is 104 cm³/mol. The third-order valence-electron chi connectivity index (χ3n) is 6.46. The van der Waals surface area contributed by atoms with Gasteiger partial charge in [0.1, 0.15) is 0 Å². The van der Waals surface area contributed by atoms with Gasteiger partial charge < -0.3 is 14.5 Å². The average molecular weight is 381 g/mol. The Labute approximate surface area is 163 Å². The Morgan fingerprint density at radius 2 is 1.74 bits per heavy atom. The minimum absolute atomic E-state index is 0.148. The van der Waals surface area contributed by atoms with Crippen molar-refractivity contribution in [3.05, 3.63) is 0 Å². The van der Waals surface area contributed by atoms with E-state index in [1.807, 2.05) is 18.9 Å². The SMILES string of the molecule is CCN(C)C(=O)CN1CCC(N2CCC[C@H](C(=O)N3CCOCC3)C2)CC1. The fraction of sp³-hybridized carbons (Fsp3) is 0.900. The van der Waals surface area contributed by atoms with Crippen molar-refractivity contribution in [3.8, 4) is 0 Å². The summed E-state index contributed by atoms with van der Waals surface area (Å²) in [7, 11) is 1.87. The lowest BCUT2D eigenvalue weighted by Gasteiger charge is -2.43. The molecule has 3 heterocycles. The van der Waals surface area contributed by atoms with Gasteiger partial charge in [-0.2, -0.15) is 0 Å². The van der Waals surface area contributed by atoms with Gasteiger partial charge in [0.05, 0.1) is 25.7 Å². The van der Waals surface area contributed by atoms with Crippen molar-refractivity contribution in [2.75, 3.05) is 72.6 Å². The number of carbonyl (C=O) groups excluding carboxylic acids is 2. The second-order valence-corrected chi connectivity index (χ2v) is 8.19. The van der Waals surface area contributed by atoms with Crippen molar-refractivity contribution in [3.63, 3.8) is 0 Å². The molecule has 0 saturated carbocycles. The summed E-state index contributed by atoms with van der Waals surface area (Å²) in [5.74, 6) is 0.688. The first kappa shape index (κ1) is 20.6. The number of likely N-dealkylation sites (tertiary alicyclic amines) is 2. The second-order valence-electron chi connectivity index (χ2n) is 8.19. The fourth-order valence-corrected chi connectivity index (χ4v) is 4.51. The number of amides is 2. The van der Waals surface area contributed by atoms with Crippen LogP contribution in [0.25, 0.3) is 0 Å². The van der Waals surface area contributed by atoms with Crippen LogP contribution >= 0.6 is 0 Å². The number of piperidine rings is 2. The van der Waals surface area contributed by atoms with Crippen LogP contribution < -0.4 is 0 Å². The van der Waals surface area contributed by atoms with E-state index in [2.05, 4.69) is 9.80 Å². The van der Waals surface area contributed by atoms with Crippen LogP contribution in [-0.2, 0) is 14.3 Å². The molecule has 0 radical (unpaired) electrons. The Bertz CT molecular complexity index is 501. The molecule has 3 fully saturated rings. The zero-order valence-corrected chi connectivity index (χ0v) is 17.1. The van der Waals surface area contributed by atoms with Gasteiger partial charge in [-0.3, -0.25) is 19.4 Å². The average Bonchev–Trinajstić information content (AvgIpc) is 2.73. The van der Waals surface area contributed by atoms with Crippen LogP contribution in [0.2, 0.25) is 0 Å². The summed E-state index contributed by atoms with van der Waals surface area (Å²) in [5.41, 5.74) is 0. The van der Waals surface area contributed by atoms with Crippen LogP contribution in [0, 0.1) is 5.92 Å². The minimum atomic E-state index is 0.148. The van der Waals surface area contributed by atoms with Crippen LogP contribution in [-0.4, -0.2) is 110 Å². The predicted octanol–water partition coefficient (Wildman–Crippen LogP) is 0.500.